The predicted octanol–water partition coefficient (Wildman–Crippen LogP) is 2.73. The quantitative estimate of drug-likeness (QED) is 0.347. The van der Waals surface area contributed by atoms with Crippen molar-refractivity contribution in [2.45, 2.75) is 31.2 Å². The van der Waals surface area contributed by atoms with Crippen LogP contribution in [0.4, 0.5) is 5.69 Å². The molecule has 0 N–H and O–H groups in total. The van der Waals surface area contributed by atoms with E-state index in [0.717, 1.165) is 23.6 Å². The average Bonchev–Trinajstić information content (AvgIpc) is 3.16. The topological polar surface area (TPSA) is 82.3 Å². The van der Waals surface area contributed by atoms with Crippen molar-refractivity contribution < 1.29 is 14.5 Å². The number of methoxy groups -OCH3 is 1. The van der Waals surface area contributed by atoms with Crippen LogP contribution in [-0.4, -0.2) is 28.7 Å². The Balaban J connectivity index is 1.96. The second-order valence-corrected chi connectivity index (χ2v) is 6.05. The normalized spacial score (nSPS) is 15.7. The highest BCUT2D eigenvalue weighted by molar-refractivity contribution is 7.99. The lowest BCUT2D eigenvalue weighted by Gasteiger charge is -2.12. The molecule has 6 nitrogen and oxygen atoms in total. The fraction of sp³-hybridized carbons (Fsp3) is 0.538. The minimum Gasteiger partial charge on any atom is -0.469 e. The Morgan fingerprint density at radius 3 is 2.75 bits per heavy atom. The average molecular weight is 296 g/mol. The minimum absolute atomic E-state index is 0.0229. The molecule has 7 heteroatoms. The van der Waals surface area contributed by atoms with Crippen molar-refractivity contribution in [1.29, 1.82) is 0 Å². The number of thioether (sulfide) groups is 1. The lowest BCUT2D eigenvalue weighted by Crippen LogP contribution is -2.13. The van der Waals surface area contributed by atoms with Gasteiger partial charge >= 0.3 is 5.97 Å². The molecular weight excluding hydrogens is 280 g/mol. The third-order valence-electron chi connectivity index (χ3n) is 3.46. The third kappa shape index (κ3) is 3.47. The monoisotopic (exact) mass is 296 g/mol. The van der Waals surface area contributed by atoms with E-state index in [4.69, 9.17) is 4.74 Å². The van der Waals surface area contributed by atoms with Gasteiger partial charge in [0.15, 0.2) is 0 Å². The van der Waals surface area contributed by atoms with Crippen LogP contribution in [0.5, 0.6) is 0 Å². The van der Waals surface area contributed by atoms with Crippen LogP contribution >= 0.6 is 11.8 Å². The Morgan fingerprint density at radius 2 is 2.25 bits per heavy atom. The highest BCUT2D eigenvalue weighted by Crippen LogP contribution is 2.52. The molecule has 1 heterocycles. The fourth-order valence-corrected chi connectivity index (χ4v) is 3.17. The van der Waals surface area contributed by atoms with E-state index in [1.165, 1.54) is 24.9 Å². The number of rotatable bonds is 6. The third-order valence-corrected chi connectivity index (χ3v) is 4.74. The molecule has 0 amide bonds. The molecule has 0 bridgehead atoms. The Morgan fingerprint density at radius 1 is 1.55 bits per heavy atom. The summed E-state index contributed by atoms with van der Waals surface area (Å²) in [5, 5.41) is 11.5. The summed E-state index contributed by atoms with van der Waals surface area (Å²) in [7, 11) is 1.40. The van der Waals surface area contributed by atoms with E-state index in [2.05, 4.69) is 4.98 Å². The standard InChI is InChI=1S/C13H16N2O4S/c1-9-10(15(17)18)3-4-11(14-9)20-8-13(5-6-13)7-12(16)19-2/h3-4H,5-8H2,1-2H3. The number of hydrogen-bond acceptors (Lipinski definition) is 6. The fourth-order valence-electron chi connectivity index (χ4n) is 1.96. The number of nitro groups is 1. The summed E-state index contributed by atoms with van der Waals surface area (Å²) in [6, 6.07) is 3.13. The second-order valence-electron chi connectivity index (χ2n) is 5.05. The van der Waals surface area contributed by atoms with Crippen LogP contribution in [0.25, 0.3) is 0 Å². The summed E-state index contributed by atoms with van der Waals surface area (Å²) in [6.45, 7) is 1.63. The van der Waals surface area contributed by atoms with E-state index in [1.54, 1.807) is 13.0 Å². The lowest BCUT2D eigenvalue weighted by atomic mass is 10.1. The van der Waals surface area contributed by atoms with Gasteiger partial charge in [0.05, 0.1) is 23.5 Å². The molecule has 0 spiro atoms. The highest BCUT2D eigenvalue weighted by Gasteiger charge is 2.44. The largest absolute Gasteiger partial charge is 0.469 e. The van der Waals surface area contributed by atoms with Gasteiger partial charge in [0.1, 0.15) is 5.69 Å². The maximum atomic E-state index is 11.3. The van der Waals surface area contributed by atoms with Gasteiger partial charge in [0.2, 0.25) is 0 Å². The molecule has 0 radical (unpaired) electrons. The summed E-state index contributed by atoms with van der Waals surface area (Å²) in [6.07, 6.45) is 2.46. The van der Waals surface area contributed by atoms with Crippen molar-refractivity contribution in [3.05, 3.63) is 27.9 Å². The first kappa shape index (κ1) is 14.8. The molecule has 0 saturated heterocycles. The number of nitrogens with zero attached hydrogens (tertiary/aromatic N) is 2. The van der Waals surface area contributed by atoms with Gasteiger partial charge in [-0.1, -0.05) is 0 Å². The molecule has 108 valence electrons. The van der Waals surface area contributed by atoms with Crippen LogP contribution in [0, 0.1) is 22.5 Å². The van der Waals surface area contributed by atoms with Crippen LogP contribution in [-0.2, 0) is 9.53 Å². The van der Waals surface area contributed by atoms with Gasteiger partial charge in [-0.3, -0.25) is 14.9 Å². The smallest absolute Gasteiger partial charge is 0.306 e. The van der Waals surface area contributed by atoms with E-state index in [1.807, 2.05) is 0 Å². The molecule has 1 aliphatic carbocycles. The Hall–Kier alpha value is -1.63. The predicted molar refractivity (Wildman–Crippen MR) is 74.7 cm³/mol. The number of carbonyl (C=O) groups excluding carboxylic acids is 1. The molecule has 0 atom stereocenters. The van der Waals surface area contributed by atoms with Gasteiger partial charge in [-0.05, 0) is 31.2 Å². The summed E-state index contributed by atoms with van der Waals surface area (Å²) in [5.74, 6) is 0.600. The molecule has 0 aliphatic heterocycles. The molecule has 20 heavy (non-hydrogen) atoms. The van der Waals surface area contributed by atoms with Crippen molar-refractivity contribution >= 4 is 23.4 Å². The molecule has 0 unspecified atom stereocenters. The zero-order chi connectivity index (χ0) is 14.8. The number of esters is 1. The minimum atomic E-state index is -0.434. The first-order valence-corrected chi connectivity index (χ1v) is 7.26. The van der Waals surface area contributed by atoms with Gasteiger partial charge in [0, 0.05) is 11.8 Å². The molecule has 1 saturated carbocycles. The lowest BCUT2D eigenvalue weighted by molar-refractivity contribution is -0.385. The Bertz CT molecular complexity index is 543. The molecule has 2 rings (SSSR count). The van der Waals surface area contributed by atoms with Gasteiger partial charge < -0.3 is 4.74 Å². The van der Waals surface area contributed by atoms with E-state index in [0.29, 0.717) is 12.1 Å². The van der Waals surface area contributed by atoms with Crippen LogP contribution in [0.2, 0.25) is 0 Å². The van der Waals surface area contributed by atoms with Crippen molar-refractivity contribution in [3.8, 4) is 0 Å². The maximum Gasteiger partial charge on any atom is 0.306 e. The molecule has 1 fully saturated rings. The Kier molecular flexibility index (Phi) is 4.27. The summed E-state index contributed by atoms with van der Waals surface area (Å²) in [4.78, 5) is 25.8. The SMILES string of the molecule is COC(=O)CC1(CSc2ccc([N+](=O)[O-])c(C)n2)CC1. The van der Waals surface area contributed by atoms with E-state index in [9.17, 15) is 14.9 Å². The number of aryl methyl sites for hydroxylation is 1. The van der Waals surface area contributed by atoms with Crippen LogP contribution in [0.1, 0.15) is 25.0 Å². The van der Waals surface area contributed by atoms with E-state index < -0.39 is 4.92 Å². The van der Waals surface area contributed by atoms with Crippen molar-refractivity contribution in [1.82, 2.24) is 4.98 Å². The number of pyridine rings is 1. The second kappa shape index (κ2) is 5.78. The molecule has 1 aromatic rings. The van der Waals surface area contributed by atoms with Gasteiger partial charge in [-0.15, -0.1) is 11.8 Å². The van der Waals surface area contributed by atoms with Crippen molar-refractivity contribution in [2.24, 2.45) is 5.41 Å². The summed E-state index contributed by atoms with van der Waals surface area (Å²) < 4.78 is 4.70. The number of hydrogen-bond donors (Lipinski definition) is 0. The maximum absolute atomic E-state index is 11.3. The number of aromatic nitrogens is 1. The Labute approximate surface area is 121 Å². The first-order valence-electron chi connectivity index (χ1n) is 6.27. The molecule has 1 aromatic heterocycles. The zero-order valence-corrected chi connectivity index (χ0v) is 12.2. The van der Waals surface area contributed by atoms with E-state index >= 15 is 0 Å². The van der Waals surface area contributed by atoms with Crippen LogP contribution in [0.15, 0.2) is 17.2 Å². The molecular formula is C13H16N2O4S. The van der Waals surface area contributed by atoms with Gasteiger partial charge in [-0.2, -0.15) is 0 Å². The number of carbonyl (C=O) groups is 1. The first-order chi connectivity index (χ1) is 9.46. The van der Waals surface area contributed by atoms with Crippen LogP contribution in [0.3, 0.4) is 0 Å². The molecule has 1 aliphatic rings. The van der Waals surface area contributed by atoms with Crippen LogP contribution < -0.4 is 0 Å². The van der Waals surface area contributed by atoms with Gasteiger partial charge in [-0.25, -0.2) is 4.98 Å². The highest BCUT2D eigenvalue weighted by atomic mass is 32.2. The summed E-state index contributed by atoms with van der Waals surface area (Å²) >= 11 is 1.54. The van der Waals surface area contributed by atoms with Gasteiger partial charge in [0.25, 0.3) is 5.69 Å². The number of ether oxygens (including phenoxy) is 1. The zero-order valence-electron chi connectivity index (χ0n) is 11.4. The van der Waals surface area contributed by atoms with E-state index in [-0.39, 0.29) is 17.1 Å². The molecule has 0 aromatic carbocycles. The summed E-state index contributed by atoms with van der Waals surface area (Å²) in [5.41, 5.74) is 0.470. The van der Waals surface area contributed by atoms with Crippen molar-refractivity contribution in [3.63, 3.8) is 0 Å². The van der Waals surface area contributed by atoms with Crippen molar-refractivity contribution in [2.75, 3.05) is 12.9 Å².